The summed E-state index contributed by atoms with van der Waals surface area (Å²) in [4.78, 5) is 10.3. The minimum absolute atomic E-state index is 0.0449. The van der Waals surface area contributed by atoms with E-state index in [1.807, 2.05) is 0 Å². The first-order valence-electron chi connectivity index (χ1n) is 5.53. The highest BCUT2D eigenvalue weighted by molar-refractivity contribution is 7.92. The molecule has 0 aromatic rings. The maximum absolute atomic E-state index is 11.8. The Morgan fingerprint density at radius 1 is 1.25 bits per heavy atom. The van der Waals surface area contributed by atoms with Crippen LogP contribution in [-0.4, -0.2) is 43.7 Å². The number of carbonyl (C=O) groups is 1. The van der Waals surface area contributed by atoms with Crippen LogP contribution in [0.3, 0.4) is 0 Å². The van der Waals surface area contributed by atoms with Gasteiger partial charge in [-0.05, 0) is 25.7 Å². The number of hydrogen-bond donors (Lipinski definition) is 1. The fourth-order valence-corrected chi connectivity index (χ4v) is 3.63. The maximum atomic E-state index is 11.8. The monoisotopic (exact) mass is 250 g/mol. The fourth-order valence-electron chi connectivity index (χ4n) is 1.78. The lowest BCUT2D eigenvalue weighted by molar-refractivity contribution is -0.137. The quantitative estimate of drug-likeness (QED) is 0.706. The molecule has 16 heavy (non-hydrogen) atoms. The van der Waals surface area contributed by atoms with E-state index in [-0.39, 0.29) is 17.4 Å². The van der Waals surface area contributed by atoms with Gasteiger partial charge < -0.3 is 9.84 Å². The Morgan fingerprint density at radius 3 is 2.44 bits per heavy atom. The van der Waals surface area contributed by atoms with Crippen molar-refractivity contribution in [3.05, 3.63) is 0 Å². The molecule has 0 spiro atoms. The summed E-state index contributed by atoms with van der Waals surface area (Å²) in [6.07, 6.45) is 2.05. The molecule has 0 radical (unpaired) electrons. The van der Waals surface area contributed by atoms with Crippen molar-refractivity contribution in [2.75, 3.05) is 19.0 Å². The summed E-state index contributed by atoms with van der Waals surface area (Å²) in [5.74, 6) is -0.770. The second-order valence-electron chi connectivity index (χ2n) is 4.03. The highest BCUT2D eigenvalue weighted by Crippen LogP contribution is 2.17. The third-order valence-electron chi connectivity index (χ3n) is 2.75. The lowest BCUT2D eigenvalue weighted by atomic mass is 10.2. The second kappa shape index (κ2) is 6.20. The van der Waals surface area contributed by atoms with Crippen molar-refractivity contribution in [2.45, 2.75) is 37.4 Å². The topological polar surface area (TPSA) is 80.7 Å². The standard InChI is InChI=1S/C10H18O5S/c11-10(12)3-1-2-8-16(13,14)9-4-6-15-7-5-9/h9H,1-8H2,(H,11,12). The van der Waals surface area contributed by atoms with Crippen LogP contribution in [-0.2, 0) is 19.4 Å². The molecule has 0 bridgehead atoms. The van der Waals surface area contributed by atoms with Crippen molar-refractivity contribution < 1.29 is 23.1 Å². The van der Waals surface area contributed by atoms with E-state index >= 15 is 0 Å². The van der Waals surface area contributed by atoms with Gasteiger partial charge in [0.2, 0.25) is 0 Å². The van der Waals surface area contributed by atoms with Gasteiger partial charge in [-0.1, -0.05) is 0 Å². The summed E-state index contributed by atoms with van der Waals surface area (Å²) in [6.45, 7) is 1.03. The van der Waals surface area contributed by atoms with E-state index in [4.69, 9.17) is 9.84 Å². The number of ether oxygens (including phenoxy) is 1. The molecule has 0 saturated carbocycles. The average Bonchev–Trinajstić information content (AvgIpc) is 2.26. The van der Waals surface area contributed by atoms with E-state index in [2.05, 4.69) is 0 Å². The van der Waals surface area contributed by atoms with Gasteiger partial charge in [-0.2, -0.15) is 0 Å². The summed E-state index contributed by atoms with van der Waals surface area (Å²) in [7, 11) is -3.05. The fraction of sp³-hybridized carbons (Fsp3) is 0.900. The number of carboxylic acid groups (broad SMARTS) is 1. The average molecular weight is 250 g/mol. The molecule has 6 heteroatoms. The molecule has 5 nitrogen and oxygen atoms in total. The van der Waals surface area contributed by atoms with Crippen molar-refractivity contribution in [2.24, 2.45) is 0 Å². The van der Waals surface area contributed by atoms with Gasteiger partial charge in [-0.3, -0.25) is 4.79 Å². The summed E-state index contributed by atoms with van der Waals surface area (Å²) >= 11 is 0. The van der Waals surface area contributed by atoms with E-state index < -0.39 is 15.8 Å². The smallest absolute Gasteiger partial charge is 0.303 e. The van der Waals surface area contributed by atoms with Gasteiger partial charge in [0, 0.05) is 19.6 Å². The number of sulfone groups is 1. The van der Waals surface area contributed by atoms with Crippen LogP contribution in [0.4, 0.5) is 0 Å². The summed E-state index contributed by atoms with van der Waals surface area (Å²) < 4.78 is 28.8. The molecule has 1 rings (SSSR count). The Labute approximate surface area is 95.7 Å². The lowest BCUT2D eigenvalue weighted by Gasteiger charge is -2.21. The summed E-state index contributed by atoms with van der Waals surface area (Å²) in [6, 6.07) is 0. The molecule has 0 aromatic carbocycles. The van der Waals surface area contributed by atoms with Crippen LogP contribution in [0.25, 0.3) is 0 Å². The van der Waals surface area contributed by atoms with Crippen LogP contribution in [0.15, 0.2) is 0 Å². The zero-order chi connectivity index (χ0) is 12.0. The molecule has 0 unspecified atom stereocenters. The molecule has 1 fully saturated rings. The van der Waals surface area contributed by atoms with E-state index in [0.717, 1.165) is 0 Å². The third kappa shape index (κ3) is 4.49. The van der Waals surface area contributed by atoms with Gasteiger partial charge in [0.1, 0.15) is 0 Å². The van der Waals surface area contributed by atoms with Gasteiger partial charge in [-0.25, -0.2) is 8.42 Å². The van der Waals surface area contributed by atoms with Crippen LogP contribution in [0.1, 0.15) is 32.1 Å². The first-order chi connectivity index (χ1) is 7.52. The van der Waals surface area contributed by atoms with Crippen molar-refractivity contribution >= 4 is 15.8 Å². The molecule has 0 amide bonds. The SMILES string of the molecule is O=C(O)CCCCS(=O)(=O)C1CCOCC1. The zero-order valence-corrected chi connectivity index (χ0v) is 10.0. The van der Waals surface area contributed by atoms with E-state index in [1.54, 1.807) is 0 Å². The molecule has 0 atom stereocenters. The van der Waals surface area contributed by atoms with E-state index in [0.29, 0.717) is 38.9 Å². The van der Waals surface area contributed by atoms with Crippen LogP contribution in [0.5, 0.6) is 0 Å². The molecule has 1 aliphatic heterocycles. The summed E-state index contributed by atoms with van der Waals surface area (Å²) in [5.41, 5.74) is 0. The highest BCUT2D eigenvalue weighted by Gasteiger charge is 2.26. The largest absolute Gasteiger partial charge is 0.481 e. The van der Waals surface area contributed by atoms with Crippen LogP contribution in [0.2, 0.25) is 0 Å². The highest BCUT2D eigenvalue weighted by atomic mass is 32.2. The van der Waals surface area contributed by atoms with Crippen LogP contribution >= 0.6 is 0 Å². The molecule has 94 valence electrons. The second-order valence-corrected chi connectivity index (χ2v) is 6.43. The number of unbranched alkanes of at least 4 members (excludes halogenated alkanes) is 1. The van der Waals surface area contributed by atoms with Gasteiger partial charge in [0.05, 0.1) is 11.0 Å². The Kier molecular flexibility index (Phi) is 5.21. The zero-order valence-electron chi connectivity index (χ0n) is 9.22. The Bertz CT molecular complexity index is 316. The van der Waals surface area contributed by atoms with Crippen molar-refractivity contribution in [1.29, 1.82) is 0 Å². The predicted octanol–water partition coefficient (Wildman–Crippen LogP) is 0.835. The maximum Gasteiger partial charge on any atom is 0.303 e. The summed E-state index contributed by atoms with van der Waals surface area (Å²) in [5, 5.41) is 8.14. The van der Waals surface area contributed by atoms with Crippen LogP contribution in [0, 0.1) is 0 Å². The Morgan fingerprint density at radius 2 is 1.88 bits per heavy atom. The van der Waals surface area contributed by atoms with Gasteiger partial charge in [0.15, 0.2) is 9.84 Å². The molecule has 0 aromatic heterocycles. The van der Waals surface area contributed by atoms with Crippen molar-refractivity contribution in [1.82, 2.24) is 0 Å². The minimum Gasteiger partial charge on any atom is -0.481 e. The molecule has 1 saturated heterocycles. The van der Waals surface area contributed by atoms with Crippen LogP contribution < -0.4 is 0 Å². The molecular formula is C10H18O5S. The minimum atomic E-state index is -3.05. The van der Waals surface area contributed by atoms with E-state index in [1.165, 1.54) is 0 Å². The molecule has 1 aliphatic rings. The normalized spacial score (nSPS) is 18.5. The number of rotatable bonds is 6. The Balaban J connectivity index is 2.30. The van der Waals surface area contributed by atoms with Crippen molar-refractivity contribution in [3.63, 3.8) is 0 Å². The van der Waals surface area contributed by atoms with Gasteiger partial charge in [-0.15, -0.1) is 0 Å². The predicted molar refractivity (Wildman–Crippen MR) is 59.1 cm³/mol. The molecule has 0 aliphatic carbocycles. The Hall–Kier alpha value is -0.620. The number of carboxylic acids is 1. The first kappa shape index (κ1) is 13.4. The lowest BCUT2D eigenvalue weighted by Crippen LogP contribution is -2.30. The number of hydrogen-bond acceptors (Lipinski definition) is 4. The molecule has 1 N–H and O–H groups in total. The third-order valence-corrected chi connectivity index (χ3v) is 5.09. The van der Waals surface area contributed by atoms with E-state index in [9.17, 15) is 13.2 Å². The molecule has 1 heterocycles. The van der Waals surface area contributed by atoms with Gasteiger partial charge in [0.25, 0.3) is 0 Å². The number of aliphatic carboxylic acids is 1. The first-order valence-corrected chi connectivity index (χ1v) is 7.25. The van der Waals surface area contributed by atoms with Gasteiger partial charge >= 0.3 is 5.97 Å². The molecular weight excluding hydrogens is 232 g/mol. The van der Waals surface area contributed by atoms with Crippen molar-refractivity contribution in [3.8, 4) is 0 Å².